The fourth-order valence-corrected chi connectivity index (χ4v) is 2.60. The topological polar surface area (TPSA) is 24.3 Å². The molecular formula is C14H20N4. The van der Waals surface area contributed by atoms with Gasteiger partial charge in [-0.2, -0.15) is 5.10 Å². The zero-order valence-corrected chi connectivity index (χ0v) is 11.3. The average Bonchev–Trinajstić information content (AvgIpc) is 2.68. The van der Waals surface area contributed by atoms with Crippen LogP contribution in [0.15, 0.2) is 18.2 Å². The Morgan fingerprint density at radius 2 is 1.78 bits per heavy atom. The van der Waals surface area contributed by atoms with Gasteiger partial charge in [0.25, 0.3) is 0 Å². The second kappa shape index (κ2) is 4.28. The second-order valence-electron chi connectivity index (χ2n) is 5.26. The normalized spacial score (nSPS) is 17.6. The molecule has 0 saturated carbocycles. The molecule has 4 nitrogen and oxygen atoms in total. The van der Waals surface area contributed by atoms with E-state index in [1.165, 1.54) is 16.5 Å². The SMILES string of the molecule is Cc1ccc2c(N3CCN(C)CC3)nn(C)c2c1. The van der Waals surface area contributed by atoms with Gasteiger partial charge in [-0.1, -0.05) is 6.07 Å². The molecule has 1 saturated heterocycles. The van der Waals surface area contributed by atoms with E-state index in [1.807, 2.05) is 11.7 Å². The lowest BCUT2D eigenvalue weighted by Gasteiger charge is -2.32. The van der Waals surface area contributed by atoms with Gasteiger partial charge < -0.3 is 9.80 Å². The Labute approximate surface area is 108 Å². The summed E-state index contributed by atoms with van der Waals surface area (Å²) >= 11 is 0. The molecule has 0 atom stereocenters. The number of nitrogens with zero attached hydrogens (tertiary/aromatic N) is 4. The number of benzene rings is 1. The highest BCUT2D eigenvalue weighted by Gasteiger charge is 2.19. The van der Waals surface area contributed by atoms with Gasteiger partial charge in [-0.05, 0) is 31.7 Å². The molecular weight excluding hydrogens is 224 g/mol. The van der Waals surface area contributed by atoms with Gasteiger partial charge in [0.2, 0.25) is 0 Å². The van der Waals surface area contributed by atoms with Crippen LogP contribution in [0.2, 0.25) is 0 Å². The molecule has 96 valence electrons. The van der Waals surface area contributed by atoms with E-state index in [0.29, 0.717) is 0 Å². The summed E-state index contributed by atoms with van der Waals surface area (Å²) in [5, 5.41) is 5.97. The maximum absolute atomic E-state index is 4.70. The first-order valence-corrected chi connectivity index (χ1v) is 6.52. The van der Waals surface area contributed by atoms with Crippen molar-refractivity contribution in [3.8, 4) is 0 Å². The summed E-state index contributed by atoms with van der Waals surface area (Å²) in [6, 6.07) is 6.58. The number of rotatable bonds is 1. The standard InChI is InChI=1S/C14H20N4/c1-11-4-5-12-13(10-11)17(3)15-14(12)18-8-6-16(2)7-9-18/h4-5,10H,6-9H2,1-3H3. The van der Waals surface area contributed by atoms with Crippen molar-refractivity contribution in [3.05, 3.63) is 23.8 Å². The number of hydrogen-bond donors (Lipinski definition) is 0. The van der Waals surface area contributed by atoms with E-state index in [4.69, 9.17) is 5.10 Å². The molecule has 0 bridgehead atoms. The second-order valence-corrected chi connectivity index (χ2v) is 5.26. The molecule has 1 aromatic carbocycles. The lowest BCUT2D eigenvalue weighted by Crippen LogP contribution is -2.44. The van der Waals surface area contributed by atoms with Crippen LogP contribution in [0.4, 0.5) is 5.82 Å². The Bertz CT molecular complexity index is 564. The van der Waals surface area contributed by atoms with Crippen molar-refractivity contribution in [1.82, 2.24) is 14.7 Å². The highest BCUT2D eigenvalue weighted by Crippen LogP contribution is 2.27. The number of likely N-dealkylation sites (N-methyl/N-ethyl adjacent to an activating group) is 1. The number of aromatic nitrogens is 2. The smallest absolute Gasteiger partial charge is 0.158 e. The molecule has 3 rings (SSSR count). The van der Waals surface area contributed by atoms with Crippen LogP contribution in [0.5, 0.6) is 0 Å². The number of piperazine rings is 1. The van der Waals surface area contributed by atoms with Crippen molar-refractivity contribution in [2.75, 3.05) is 38.1 Å². The quantitative estimate of drug-likeness (QED) is 0.762. The van der Waals surface area contributed by atoms with Crippen LogP contribution >= 0.6 is 0 Å². The van der Waals surface area contributed by atoms with Crippen LogP contribution in [0.1, 0.15) is 5.56 Å². The molecule has 0 aliphatic carbocycles. The van der Waals surface area contributed by atoms with Crippen LogP contribution in [0, 0.1) is 6.92 Å². The Morgan fingerprint density at radius 1 is 1.06 bits per heavy atom. The van der Waals surface area contributed by atoms with E-state index in [9.17, 15) is 0 Å². The average molecular weight is 244 g/mol. The summed E-state index contributed by atoms with van der Waals surface area (Å²) in [5.41, 5.74) is 2.51. The van der Waals surface area contributed by atoms with E-state index < -0.39 is 0 Å². The zero-order chi connectivity index (χ0) is 12.7. The van der Waals surface area contributed by atoms with Crippen molar-refractivity contribution in [2.45, 2.75) is 6.92 Å². The maximum Gasteiger partial charge on any atom is 0.158 e. The van der Waals surface area contributed by atoms with Gasteiger partial charge in [0.05, 0.1) is 5.52 Å². The van der Waals surface area contributed by atoms with Crippen LogP contribution in [0.3, 0.4) is 0 Å². The molecule has 0 spiro atoms. The highest BCUT2D eigenvalue weighted by atomic mass is 15.4. The summed E-state index contributed by atoms with van der Waals surface area (Å²) in [6.07, 6.45) is 0. The Morgan fingerprint density at radius 3 is 2.50 bits per heavy atom. The molecule has 2 aromatic rings. The number of anilines is 1. The van der Waals surface area contributed by atoms with Crippen LogP contribution < -0.4 is 4.90 Å². The first-order valence-electron chi connectivity index (χ1n) is 6.52. The first-order chi connectivity index (χ1) is 8.65. The number of fused-ring (bicyclic) bond motifs is 1. The summed E-state index contributed by atoms with van der Waals surface area (Å²) < 4.78 is 2.00. The Kier molecular flexibility index (Phi) is 2.74. The maximum atomic E-state index is 4.70. The molecule has 0 N–H and O–H groups in total. The third-order valence-corrected chi connectivity index (χ3v) is 3.79. The molecule has 2 heterocycles. The zero-order valence-electron chi connectivity index (χ0n) is 11.3. The van der Waals surface area contributed by atoms with E-state index in [0.717, 1.165) is 32.0 Å². The molecule has 0 unspecified atom stereocenters. The highest BCUT2D eigenvalue weighted by molar-refractivity contribution is 5.91. The molecule has 1 aliphatic rings. The summed E-state index contributed by atoms with van der Waals surface area (Å²) in [6.45, 7) is 6.49. The van der Waals surface area contributed by atoms with Crippen LogP contribution in [0.25, 0.3) is 10.9 Å². The molecule has 1 aliphatic heterocycles. The van der Waals surface area contributed by atoms with E-state index in [1.54, 1.807) is 0 Å². The van der Waals surface area contributed by atoms with Gasteiger partial charge in [0.1, 0.15) is 0 Å². The molecule has 0 amide bonds. The summed E-state index contributed by atoms with van der Waals surface area (Å²) in [4.78, 5) is 4.77. The van der Waals surface area contributed by atoms with Gasteiger partial charge in [-0.3, -0.25) is 4.68 Å². The van der Waals surface area contributed by atoms with Gasteiger partial charge in [-0.15, -0.1) is 0 Å². The minimum absolute atomic E-state index is 1.07. The minimum Gasteiger partial charge on any atom is -0.352 e. The largest absolute Gasteiger partial charge is 0.352 e. The predicted octanol–water partition coefficient (Wildman–Crippen LogP) is 1.63. The molecule has 1 fully saturated rings. The lowest BCUT2D eigenvalue weighted by atomic mass is 10.1. The van der Waals surface area contributed by atoms with Crippen molar-refractivity contribution in [2.24, 2.45) is 7.05 Å². The van der Waals surface area contributed by atoms with Crippen molar-refractivity contribution >= 4 is 16.7 Å². The van der Waals surface area contributed by atoms with Crippen LogP contribution in [-0.4, -0.2) is 47.9 Å². The van der Waals surface area contributed by atoms with Crippen LogP contribution in [-0.2, 0) is 7.05 Å². The molecule has 1 aromatic heterocycles. The van der Waals surface area contributed by atoms with E-state index >= 15 is 0 Å². The van der Waals surface area contributed by atoms with E-state index in [2.05, 4.69) is 42.0 Å². The number of aryl methyl sites for hydroxylation is 2. The predicted molar refractivity (Wildman–Crippen MR) is 75.2 cm³/mol. The van der Waals surface area contributed by atoms with Gasteiger partial charge in [-0.25, -0.2) is 0 Å². The minimum atomic E-state index is 1.07. The van der Waals surface area contributed by atoms with Crippen molar-refractivity contribution < 1.29 is 0 Å². The first kappa shape index (κ1) is 11.5. The van der Waals surface area contributed by atoms with Gasteiger partial charge >= 0.3 is 0 Å². The van der Waals surface area contributed by atoms with Gasteiger partial charge in [0, 0.05) is 38.6 Å². The van der Waals surface area contributed by atoms with Crippen molar-refractivity contribution in [3.63, 3.8) is 0 Å². The molecule has 18 heavy (non-hydrogen) atoms. The van der Waals surface area contributed by atoms with E-state index in [-0.39, 0.29) is 0 Å². The Balaban J connectivity index is 2.02. The monoisotopic (exact) mass is 244 g/mol. The molecule has 4 heteroatoms. The fraction of sp³-hybridized carbons (Fsp3) is 0.500. The Hall–Kier alpha value is -1.55. The third kappa shape index (κ3) is 1.86. The lowest BCUT2D eigenvalue weighted by molar-refractivity contribution is 0.312. The summed E-state index contributed by atoms with van der Waals surface area (Å²) in [5.74, 6) is 1.14. The van der Waals surface area contributed by atoms with Crippen molar-refractivity contribution in [1.29, 1.82) is 0 Å². The van der Waals surface area contributed by atoms with Gasteiger partial charge in [0.15, 0.2) is 5.82 Å². The third-order valence-electron chi connectivity index (χ3n) is 3.79. The summed E-state index contributed by atoms with van der Waals surface area (Å²) in [7, 11) is 4.21. The fourth-order valence-electron chi connectivity index (χ4n) is 2.60. The number of hydrogen-bond acceptors (Lipinski definition) is 3. The molecule has 0 radical (unpaired) electrons.